The summed E-state index contributed by atoms with van der Waals surface area (Å²) in [5, 5.41) is 3.84. The minimum atomic E-state index is 0.0750. The lowest BCUT2D eigenvalue weighted by molar-refractivity contribution is 0.662. The molecule has 0 amide bonds. The molecule has 0 saturated carbocycles. The number of nitrogens with two attached hydrogens (primary N) is 1. The van der Waals surface area contributed by atoms with Gasteiger partial charge in [-0.3, -0.25) is 0 Å². The van der Waals surface area contributed by atoms with Gasteiger partial charge in [0.15, 0.2) is 0 Å². The summed E-state index contributed by atoms with van der Waals surface area (Å²) in [4.78, 5) is 4.23. The van der Waals surface area contributed by atoms with Gasteiger partial charge in [0.25, 0.3) is 0 Å². The summed E-state index contributed by atoms with van der Waals surface area (Å²) >= 11 is 7.72. The zero-order valence-corrected chi connectivity index (χ0v) is 10.3. The smallest absolute Gasteiger partial charge is 0.0940 e. The lowest BCUT2D eigenvalue weighted by Gasteiger charge is -2.10. The summed E-state index contributed by atoms with van der Waals surface area (Å²) in [5.74, 6) is 0. The number of hydrogen-bond acceptors (Lipinski definition) is 3. The molecule has 0 spiro atoms. The monoisotopic (exact) mass is 252 g/mol. The maximum absolute atomic E-state index is 6.08. The second kappa shape index (κ2) is 5.43. The Balaban J connectivity index is 1.97. The van der Waals surface area contributed by atoms with Crippen LogP contribution in [-0.4, -0.2) is 11.0 Å². The van der Waals surface area contributed by atoms with Crippen LogP contribution in [0.2, 0.25) is 5.02 Å². The van der Waals surface area contributed by atoms with E-state index in [1.54, 1.807) is 11.3 Å². The number of halogens is 1. The molecule has 0 bridgehead atoms. The van der Waals surface area contributed by atoms with Crippen LogP contribution in [0.25, 0.3) is 0 Å². The van der Waals surface area contributed by atoms with Crippen LogP contribution in [0.4, 0.5) is 0 Å². The topological polar surface area (TPSA) is 38.9 Å². The highest BCUT2D eigenvalue weighted by molar-refractivity contribution is 7.09. The van der Waals surface area contributed by atoms with Crippen molar-refractivity contribution in [2.24, 2.45) is 5.73 Å². The first-order valence-corrected chi connectivity index (χ1v) is 6.39. The van der Waals surface area contributed by atoms with Crippen molar-refractivity contribution in [2.75, 3.05) is 0 Å². The van der Waals surface area contributed by atoms with Crippen molar-refractivity contribution in [1.29, 1.82) is 0 Å². The number of hydrogen-bond donors (Lipinski definition) is 1. The van der Waals surface area contributed by atoms with Crippen molar-refractivity contribution in [3.63, 3.8) is 0 Å². The highest BCUT2D eigenvalue weighted by Crippen LogP contribution is 2.17. The number of aromatic nitrogens is 1. The van der Waals surface area contributed by atoms with Crippen LogP contribution in [0.5, 0.6) is 0 Å². The molecule has 0 aliphatic rings. The molecule has 0 aliphatic carbocycles. The van der Waals surface area contributed by atoms with E-state index in [-0.39, 0.29) is 6.04 Å². The third-order valence-electron chi connectivity index (χ3n) is 2.36. The van der Waals surface area contributed by atoms with Gasteiger partial charge in [-0.25, -0.2) is 4.98 Å². The van der Waals surface area contributed by atoms with Crippen LogP contribution in [0.15, 0.2) is 35.8 Å². The summed E-state index contributed by atoms with van der Waals surface area (Å²) in [6.07, 6.45) is 3.41. The highest BCUT2D eigenvalue weighted by atomic mass is 35.5. The summed E-state index contributed by atoms with van der Waals surface area (Å²) in [5.41, 5.74) is 7.18. The van der Waals surface area contributed by atoms with E-state index in [4.69, 9.17) is 17.3 Å². The molecule has 0 radical (unpaired) electrons. The maximum Gasteiger partial charge on any atom is 0.0940 e. The first-order chi connectivity index (χ1) is 7.75. The number of rotatable bonds is 4. The Morgan fingerprint density at radius 1 is 1.31 bits per heavy atom. The Labute approximate surface area is 104 Å². The highest BCUT2D eigenvalue weighted by Gasteiger charge is 2.09. The van der Waals surface area contributed by atoms with E-state index in [0.717, 1.165) is 28.4 Å². The van der Waals surface area contributed by atoms with Crippen LogP contribution in [0.1, 0.15) is 10.6 Å². The van der Waals surface area contributed by atoms with E-state index in [1.165, 1.54) is 0 Å². The molecule has 2 nitrogen and oxygen atoms in total. The molecule has 0 aliphatic heterocycles. The fourth-order valence-corrected chi connectivity index (χ4v) is 2.52. The maximum atomic E-state index is 6.08. The van der Waals surface area contributed by atoms with E-state index in [1.807, 2.05) is 35.8 Å². The molecule has 4 heteroatoms. The van der Waals surface area contributed by atoms with Crippen molar-refractivity contribution < 1.29 is 0 Å². The van der Waals surface area contributed by atoms with Crippen LogP contribution in [0, 0.1) is 0 Å². The second-order valence-electron chi connectivity index (χ2n) is 3.69. The van der Waals surface area contributed by atoms with Gasteiger partial charge in [-0.1, -0.05) is 29.8 Å². The molecule has 1 aromatic heterocycles. The van der Waals surface area contributed by atoms with E-state index < -0.39 is 0 Å². The zero-order valence-electron chi connectivity index (χ0n) is 8.77. The van der Waals surface area contributed by atoms with Gasteiger partial charge in [-0.05, 0) is 18.1 Å². The van der Waals surface area contributed by atoms with Crippen LogP contribution in [0.3, 0.4) is 0 Å². The molecular formula is C12H13ClN2S. The first kappa shape index (κ1) is 11.6. The molecule has 2 N–H and O–H groups in total. The average Bonchev–Trinajstić information content (AvgIpc) is 2.74. The summed E-state index contributed by atoms with van der Waals surface area (Å²) in [7, 11) is 0. The van der Waals surface area contributed by atoms with Gasteiger partial charge in [0.05, 0.1) is 5.01 Å². The molecule has 0 fully saturated rings. The first-order valence-electron chi connectivity index (χ1n) is 5.13. The minimum absolute atomic E-state index is 0.0750. The molecule has 1 atom stereocenters. The van der Waals surface area contributed by atoms with E-state index in [9.17, 15) is 0 Å². The van der Waals surface area contributed by atoms with Gasteiger partial charge in [0, 0.05) is 29.1 Å². The molecule has 2 rings (SSSR count). The predicted molar refractivity (Wildman–Crippen MR) is 68.9 cm³/mol. The molecule has 1 unspecified atom stereocenters. The lowest BCUT2D eigenvalue weighted by atomic mass is 10.0. The second-order valence-corrected chi connectivity index (χ2v) is 5.07. The van der Waals surface area contributed by atoms with Gasteiger partial charge < -0.3 is 5.73 Å². The normalized spacial score (nSPS) is 12.6. The Morgan fingerprint density at radius 2 is 2.12 bits per heavy atom. The largest absolute Gasteiger partial charge is 0.327 e. The fourth-order valence-electron chi connectivity index (χ4n) is 1.60. The molecule has 1 heterocycles. The Bertz CT molecular complexity index is 442. The number of benzene rings is 1. The van der Waals surface area contributed by atoms with E-state index in [2.05, 4.69) is 4.98 Å². The zero-order chi connectivity index (χ0) is 11.4. The van der Waals surface area contributed by atoms with Gasteiger partial charge >= 0.3 is 0 Å². The van der Waals surface area contributed by atoms with Crippen LogP contribution < -0.4 is 5.73 Å². The summed E-state index contributed by atoms with van der Waals surface area (Å²) < 4.78 is 0. The predicted octanol–water partition coefficient (Wildman–Crippen LogP) is 2.91. The quantitative estimate of drug-likeness (QED) is 0.909. The molecule has 2 aromatic rings. The lowest BCUT2D eigenvalue weighted by Crippen LogP contribution is -2.25. The molecule has 16 heavy (non-hydrogen) atoms. The molecule has 84 valence electrons. The van der Waals surface area contributed by atoms with E-state index >= 15 is 0 Å². The SMILES string of the molecule is NC(Cc1nccs1)Cc1ccccc1Cl. The van der Waals surface area contributed by atoms with Gasteiger partial charge in [0.2, 0.25) is 0 Å². The molecule has 0 saturated heterocycles. The third-order valence-corrected chi connectivity index (χ3v) is 3.53. The number of nitrogens with zero attached hydrogens (tertiary/aromatic N) is 1. The van der Waals surface area contributed by atoms with Gasteiger partial charge in [-0.15, -0.1) is 11.3 Å². The van der Waals surface area contributed by atoms with Crippen molar-refractivity contribution >= 4 is 22.9 Å². The summed E-state index contributed by atoms with van der Waals surface area (Å²) in [6, 6.07) is 7.90. The standard InChI is InChI=1S/C12H13ClN2S/c13-11-4-2-1-3-9(11)7-10(14)8-12-15-5-6-16-12/h1-6,10H,7-8,14H2. The number of thiazole rings is 1. The molecule has 1 aromatic carbocycles. The third kappa shape index (κ3) is 3.04. The van der Waals surface area contributed by atoms with Crippen molar-refractivity contribution in [2.45, 2.75) is 18.9 Å². The Kier molecular flexibility index (Phi) is 3.93. The van der Waals surface area contributed by atoms with Crippen molar-refractivity contribution in [3.05, 3.63) is 51.4 Å². The summed E-state index contributed by atoms with van der Waals surface area (Å²) in [6.45, 7) is 0. The van der Waals surface area contributed by atoms with Crippen LogP contribution >= 0.6 is 22.9 Å². The van der Waals surface area contributed by atoms with Gasteiger partial charge in [0.1, 0.15) is 0 Å². The van der Waals surface area contributed by atoms with Crippen molar-refractivity contribution in [3.8, 4) is 0 Å². The Morgan fingerprint density at radius 3 is 2.81 bits per heavy atom. The minimum Gasteiger partial charge on any atom is -0.327 e. The van der Waals surface area contributed by atoms with E-state index in [0.29, 0.717) is 0 Å². The van der Waals surface area contributed by atoms with Crippen LogP contribution in [-0.2, 0) is 12.8 Å². The van der Waals surface area contributed by atoms with Crippen molar-refractivity contribution in [1.82, 2.24) is 4.98 Å². The molecular weight excluding hydrogens is 240 g/mol. The average molecular weight is 253 g/mol. The van der Waals surface area contributed by atoms with Gasteiger partial charge in [-0.2, -0.15) is 0 Å². The Hall–Kier alpha value is -0.900. The fraction of sp³-hybridized carbons (Fsp3) is 0.250.